The molecule has 6 aromatic heterocycles. The molecule has 0 saturated carbocycles. The van der Waals surface area contributed by atoms with E-state index in [4.69, 9.17) is 4.98 Å². The summed E-state index contributed by atoms with van der Waals surface area (Å²) in [5.41, 5.74) is 3.32. The molecule has 6 rings (SSSR count). The average Bonchev–Trinajstić information content (AvgIpc) is 3.57. The minimum atomic E-state index is -0.498. The zero-order chi connectivity index (χ0) is 22.5. The predicted molar refractivity (Wildman–Crippen MR) is 121 cm³/mol. The maximum atomic E-state index is 15.6. The van der Waals surface area contributed by atoms with Crippen molar-refractivity contribution >= 4 is 39.2 Å². The fraction of sp³-hybridized carbons (Fsp3) is 0.0455. The smallest absolute Gasteiger partial charge is 0.184 e. The van der Waals surface area contributed by atoms with Gasteiger partial charge in [-0.25, -0.2) is 24.3 Å². The fourth-order valence-corrected chi connectivity index (χ4v) is 4.55. The van der Waals surface area contributed by atoms with Crippen LogP contribution >= 0.6 is 11.3 Å². The van der Waals surface area contributed by atoms with Gasteiger partial charge in [-0.15, -0.1) is 11.3 Å². The van der Waals surface area contributed by atoms with E-state index < -0.39 is 5.82 Å². The van der Waals surface area contributed by atoms with E-state index in [0.29, 0.717) is 33.2 Å². The highest BCUT2D eigenvalue weighted by atomic mass is 32.1. The lowest BCUT2D eigenvalue weighted by Gasteiger charge is -2.03. The molecule has 0 aliphatic carbocycles. The van der Waals surface area contributed by atoms with Gasteiger partial charge in [0.05, 0.1) is 20.7 Å². The molecule has 9 nitrogen and oxygen atoms in total. The number of hydrogen-bond donors (Lipinski definition) is 2. The SMILES string of the molecule is CC(=O)c1ccc(-c2nccc3[nH]c(-c4[nH]nc5ncc(-c6cncnc6)c(F)c45)nc23)s1. The number of aromatic amines is 2. The molecule has 0 aliphatic rings. The molecule has 6 aromatic rings. The molecule has 0 amide bonds. The summed E-state index contributed by atoms with van der Waals surface area (Å²) in [5.74, 6) is -0.110. The van der Waals surface area contributed by atoms with Crippen molar-refractivity contribution in [3.8, 4) is 33.2 Å². The van der Waals surface area contributed by atoms with Crippen LogP contribution in [0.15, 0.2) is 49.3 Å². The van der Waals surface area contributed by atoms with Crippen LogP contribution in [-0.4, -0.2) is 45.9 Å². The minimum Gasteiger partial charge on any atom is -0.337 e. The van der Waals surface area contributed by atoms with Crippen LogP contribution in [0.5, 0.6) is 0 Å². The van der Waals surface area contributed by atoms with Crippen molar-refractivity contribution in [2.24, 2.45) is 0 Å². The molecular weight excluding hydrogens is 443 g/mol. The Morgan fingerprint density at radius 2 is 1.94 bits per heavy atom. The van der Waals surface area contributed by atoms with Gasteiger partial charge < -0.3 is 4.98 Å². The molecule has 0 bridgehead atoms. The maximum Gasteiger partial charge on any atom is 0.184 e. The van der Waals surface area contributed by atoms with Gasteiger partial charge in [0.15, 0.2) is 17.3 Å². The summed E-state index contributed by atoms with van der Waals surface area (Å²) in [6.07, 6.45) is 7.49. The highest BCUT2D eigenvalue weighted by molar-refractivity contribution is 7.17. The molecule has 160 valence electrons. The first-order valence-corrected chi connectivity index (χ1v) is 10.7. The number of rotatable bonds is 4. The highest BCUT2D eigenvalue weighted by Crippen LogP contribution is 2.35. The number of hydrogen-bond acceptors (Lipinski definition) is 8. The summed E-state index contributed by atoms with van der Waals surface area (Å²) in [6, 6.07) is 5.41. The van der Waals surface area contributed by atoms with E-state index in [1.54, 1.807) is 18.3 Å². The third-order valence-corrected chi connectivity index (χ3v) is 6.41. The van der Waals surface area contributed by atoms with Crippen molar-refractivity contribution in [2.45, 2.75) is 6.92 Å². The van der Waals surface area contributed by atoms with Crippen molar-refractivity contribution in [1.82, 2.24) is 40.1 Å². The predicted octanol–water partition coefficient (Wildman–Crippen LogP) is 4.42. The first-order chi connectivity index (χ1) is 16.1. The van der Waals surface area contributed by atoms with E-state index in [-0.39, 0.29) is 22.4 Å². The van der Waals surface area contributed by atoms with Gasteiger partial charge in [-0.1, -0.05) is 0 Å². The normalized spacial score (nSPS) is 11.5. The van der Waals surface area contributed by atoms with Crippen LogP contribution in [0.4, 0.5) is 4.39 Å². The lowest BCUT2D eigenvalue weighted by atomic mass is 10.1. The van der Waals surface area contributed by atoms with E-state index in [0.717, 1.165) is 10.4 Å². The Labute approximate surface area is 188 Å². The first kappa shape index (κ1) is 19.3. The maximum absolute atomic E-state index is 15.6. The first-order valence-electron chi connectivity index (χ1n) is 9.84. The van der Waals surface area contributed by atoms with Gasteiger partial charge >= 0.3 is 0 Å². The van der Waals surface area contributed by atoms with E-state index in [1.807, 2.05) is 6.07 Å². The molecule has 0 radical (unpaired) electrons. The summed E-state index contributed by atoms with van der Waals surface area (Å²) in [5, 5.41) is 7.20. The summed E-state index contributed by atoms with van der Waals surface area (Å²) >= 11 is 1.35. The summed E-state index contributed by atoms with van der Waals surface area (Å²) in [6.45, 7) is 1.53. The zero-order valence-electron chi connectivity index (χ0n) is 17.0. The lowest BCUT2D eigenvalue weighted by Crippen LogP contribution is -1.91. The molecule has 0 fully saturated rings. The van der Waals surface area contributed by atoms with E-state index in [9.17, 15) is 4.79 Å². The van der Waals surface area contributed by atoms with Gasteiger partial charge in [0.1, 0.15) is 29.0 Å². The number of carbonyl (C=O) groups is 1. The van der Waals surface area contributed by atoms with Gasteiger partial charge in [0, 0.05) is 35.9 Å². The Morgan fingerprint density at radius 1 is 1.09 bits per heavy atom. The lowest BCUT2D eigenvalue weighted by molar-refractivity contribution is 0.102. The molecular formula is C22H13FN8OS. The topological polar surface area (TPSA) is 126 Å². The highest BCUT2D eigenvalue weighted by Gasteiger charge is 2.21. The minimum absolute atomic E-state index is 0.00679. The number of H-pyrrole nitrogens is 2. The molecule has 0 spiro atoms. The van der Waals surface area contributed by atoms with Crippen LogP contribution in [0.25, 0.3) is 55.3 Å². The molecule has 0 unspecified atom stereocenters. The number of carbonyl (C=O) groups excluding carboxylic acids is 1. The monoisotopic (exact) mass is 456 g/mol. The van der Waals surface area contributed by atoms with Crippen molar-refractivity contribution in [2.75, 3.05) is 0 Å². The zero-order valence-corrected chi connectivity index (χ0v) is 17.8. The van der Waals surface area contributed by atoms with Gasteiger partial charge in [0.25, 0.3) is 0 Å². The second-order valence-electron chi connectivity index (χ2n) is 7.27. The summed E-state index contributed by atoms with van der Waals surface area (Å²) in [4.78, 5) is 37.7. The van der Waals surface area contributed by atoms with Crippen LogP contribution in [0, 0.1) is 5.82 Å². The number of thiophene rings is 1. The molecule has 33 heavy (non-hydrogen) atoms. The van der Waals surface area contributed by atoms with E-state index in [2.05, 4.69) is 35.1 Å². The van der Waals surface area contributed by atoms with Crippen LogP contribution in [0.3, 0.4) is 0 Å². The number of halogens is 1. The molecule has 6 heterocycles. The molecule has 2 N–H and O–H groups in total. The Hall–Kier alpha value is -4.38. The van der Waals surface area contributed by atoms with Crippen molar-refractivity contribution < 1.29 is 9.18 Å². The molecule has 0 aliphatic heterocycles. The number of ketones is 1. The van der Waals surface area contributed by atoms with Crippen LogP contribution in [0.1, 0.15) is 16.6 Å². The third kappa shape index (κ3) is 3.09. The summed E-state index contributed by atoms with van der Waals surface area (Å²) < 4.78 is 15.6. The number of imidazole rings is 1. The molecule has 0 atom stereocenters. The van der Waals surface area contributed by atoms with Crippen molar-refractivity contribution in [3.05, 3.63) is 60.0 Å². The van der Waals surface area contributed by atoms with Crippen molar-refractivity contribution in [1.29, 1.82) is 0 Å². The summed E-state index contributed by atoms with van der Waals surface area (Å²) in [7, 11) is 0. The number of nitrogens with zero attached hydrogens (tertiary/aromatic N) is 6. The number of Topliss-reactive ketones (excluding diaryl/α,β-unsaturated/α-hetero) is 1. The quantitative estimate of drug-likeness (QED) is 0.376. The van der Waals surface area contributed by atoms with E-state index in [1.165, 1.54) is 43.2 Å². The molecule has 0 saturated heterocycles. The number of nitrogens with one attached hydrogen (secondary N) is 2. The van der Waals surface area contributed by atoms with Gasteiger partial charge in [-0.2, -0.15) is 5.10 Å². The fourth-order valence-electron chi connectivity index (χ4n) is 3.65. The Bertz CT molecular complexity index is 1670. The van der Waals surface area contributed by atoms with Gasteiger partial charge in [-0.05, 0) is 25.1 Å². The van der Waals surface area contributed by atoms with Crippen LogP contribution < -0.4 is 0 Å². The second kappa shape index (κ2) is 7.35. The average molecular weight is 456 g/mol. The second-order valence-corrected chi connectivity index (χ2v) is 8.36. The number of aromatic nitrogens is 8. The third-order valence-electron chi connectivity index (χ3n) is 5.21. The molecule has 11 heteroatoms. The van der Waals surface area contributed by atoms with E-state index >= 15 is 4.39 Å². The Kier molecular flexibility index (Phi) is 4.30. The van der Waals surface area contributed by atoms with Crippen molar-refractivity contribution in [3.63, 3.8) is 0 Å². The van der Waals surface area contributed by atoms with Gasteiger partial charge in [-0.3, -0.25) is 14.9 Å². The number of pyridine rings is 2. The Morgan fingerprint density at radius 3 is 2.73 bits per heavy atom. The van der Waals surface area contributed by atoms with Crippen LogP contribution in [0.2, 0.25) is 0 Å². The standard InChI is InChI=1S/C22H13FN8OS/c1-10(32)14-2-3-15(33-14)19-18-13(4-5-26-19)28-22(29-18)20-16-17(23)12(8-27-21(16)31-30-20)11-6-24-9-25-7-11/h2-9H,1H3,(H,28,29)(H,27,30,31). The molecule has 0 aromatic carbocycles. The van der Waals surface area contributed by atoms with Crippen LogP contribution in [-0.2, 0) is 0 Å². The Balaban J connectivity index is 1.52. The largest absolute Gasteiger partial charge is 0.337 e. The number of fused-ring (bicyclic) bond motifs is 2. The van der Waals surface area contributed by atoms with Gasteiger partial charge in [0.2, 0.25) is 0 Å².